The number of nitrogens with zero attached hydrogens (tertiary/aromatic N) is 2. The van der Waals surface area contributed by atoms with Crippen LogP contribution in [-0.2, 0) is 4.79 Å². The van der Waals surface area contributed by atoms with E-state index in [1.807, 2.05) is 6.92 Å². The highest BCUT2D eigenvalue weighted by molar-refractivity contribution is 6.30. The number of amides is 1. The Morgan fingerprint density at radius 3 is 2.54 bits per heavy atom. The van der Waals surface area contributed by atoms with Crippen LogP contribution in [0.2, 0.25) is 5.02 Å². The number of rotatable bonds is 8. The largest absolute Gasteiger partial charge is 0.507 e. The minimum atomic E-state index is -0.474. The zero-order valence-electron chi connectivity index (χ0n) is 18.8. The first-order valence-electron chi connectivity index (χ1n) is 11.0. The second-order valence-electron chi connectivity index (χ2n) is 7.90. The molecule has 0 aliphatic heterocycles. The van der Waals surface area contributed by atoms with E-state index in [9.17, 15) is 20.0 Å². The van der Waals surface area contributed by atoms with E-state index >= 15 is 0 Å². The average Bonchev–Trinajstić information content (AvgIpc) is 3.26. The SMILES string of the molecule is CCCCC(=O)Nc1oc(-c2ccc(-c3cccc([N+](=O)[O-])c3)cc2O)nc1-c1cccc(Cl)c1. The highest BCUT2D eigenvalue weighted by Gasteiger charge is 2.21. The number of unbranched alkanes of at least 4 members (excludes halogenated alkanes) is 1. The van der Waals surface area contributed by atoms with Gasteiger partial charge in [0.05, 0.1) is 10.5 Å². The van der Waals surface area contributed by atoms with Crippen molar-refractivity contribution < 1.29 is 19.2 Å². The summed E-state index contributed by atoms with van der Waals surface area (Å²) in [7, 11) is 0. The molecule has 35 heavy (non-hydrogen) atoms. The van der Waals surface area contributed by atoms with Gasteiger partial charge in [0, 0.05) is 29.1 Å². The third-order valence-electron chi connectivity index (χ3n) is 5.35. The van der Waals surface area contributed by atoms with Crippen molar-refractivity contribution in [3.8, 4) is 39.6 Å². The number of phenolic OH excluding ortho intramolecular Hbond substituents is 1. The summed E-state index contributed by atoms with van der Waals surface area (Å²) in [6, 6.07) is 17.9. The van der Waals surface area contributed by atoms with Gasteiger partial charge in [-0.05, 0) is 41.8 Å². The molecule has 0 fully saturated rings. The summed E-state index contributed by atoms with van der Waals surface area (Å²) in [6.07, 6.45) is 1.95. The summed E-state index contributed by atoms with van der Waals surface area (Å²) in [5, 5.41) is 25.1. The number of phenols is 1. The molecule has 1 heterocycles. The van der Waals surface area contributed by atoms with E-state index in [0.717, 1.165) is 12.8 Å². The van der Waals surface area contributed by atoms with Crippen molar-refractivity contribution in [3.05, 3.63) is 81.9 Å². The van der Waals surface area contributed by atoms with E-state index < -0.39 is 4.92 Å². The van der Waals surface area contributed by atoms with E-state index in [1.165, 1.54) is 18.2 Å². The van der Waals surface area contributed by atoms with Crippen molar-refractivity contribution in [2.45, 2.75) is 26.2 Å². The predicted molar refractivity (Wildman–Crippen MR) is 134 cm³/mol. The second kappa shape index (κ2) is 10.4. The molecule has 0 aliphatic rings. The van der Waals surface area contributed by atoms with Gasteiger partial charge < -0.3 is 9.52 Å². The Kier molecular flexibility index (Phi) is 7.12. The van der Waals surface area contributed by atoms with Crippen LogP contribution in [0, 0.1) is 10.1 Å². The van der Waals surface area contributed by atoms with Gasteiger partial charge in [0.25, 0.3) is 5.69 Å². The molecular weight excluding hydrogens is 470 g/mol. The molecule has 8 nitrogen and oxygen atoms in total. The molecule has 2 N–H and O–H groups in total. The lowest BCUT2D eigenvalue weighted by Crippen LogP contribution is -2.11. The number of non-ortho nitro benzene ring substituents is 1. The van der Waals surface area contributed by atoms with Crippen molar-refractivity contribution in [3.63, 3.8) is 0 Å². The summed E-state index contributed by atoms with van der Waals surface area (Å²) >= 11 is 6.15. The predicted octanol–water partition coefficient (Wildman–Crippen LogP) is 7.07. The van der Waals surface area contributed by atoms with Gasteiger partial charge in [-0.15, -0.1) is 0 Å². The Balaban J connectivity index is 1.72. The summed E-state index contributed by atoms with van der Waals surface area (Å²) in [5.41, 5.74) is 2.45. The molecule has 1 aromatic heterocycles. The number of hydrogen-bond donors (Lipinski definition) is 2. The number of aromatic hydroxyl groups is 1. The van der Waals surface area contributed by atoms with E-state index in [4.69, 9.17) is 16.0 Å². The normalized spacial score (nSPS) is 10.8. The van der Waals surface area contributed by atoms with Gasteiger partial charge in [-0.2, -0.15) is 0 Å². The van der Waals surface area contributed by atoms with Crippen LogP contribution in [0.4, 0.5) is 11.6 Å². The lowest BCUT2D eigenvalue weighted by molar-refractivity contribution is -0.384. The first kappa shape index (κ1) is 24.0. The number of hydrogen-bond acceptors (Lipinski definition) is 6. The first-order chi connectivity index (χ1) is 16.9. The molecule has 0 radical (unpaired) electrons. The number of carbonyl (C=O) groups is 1. The van der Waals surface area contributed by atoms with Gasteiger partial charge in [-0.25, -0.2) is 4.98 Å². The zero-order chi connectivity index (χ0) is 24.9. The number of aromatic nitrogens is 1. The van der Waals surface area contributed by atoms with E-state index in [2.05, 4.69) is 10.3 Å². The third-order valence-corrected chi connectivity index (χ3v) is 5.59. The Hall–Kier alpha value is -4.17. The number of nitro groups is 1. The molecular formula is C26H22ClN3O5. The maximum atomic E-state index is 12.4. The number of carbonyl (C=O) groups excluding carboxylic acids is 1. The molecule has 0 saturated heterocycles. The number of anilines is 1. The fourth-order valence-electron chi connectivity index (χ4n) is 3.57. The maximum absolute atomic E-state index is 12.4. The summed E-state index contributed by atoms with van der Waals surface area (Å²) < 4.78 is 5.89. The summed E-state index contributed by atoms with van der Waals surface area (Å²) in [6.45, 7) is 2.00. The van der Waals surface area contributed by atoms with Crippen molar-refractivity contribution in [2.75, 3.05) is 5.32 Å². The lowest BCUT2D eigenvalue weighted by atomic mass is 10.0. The minimum Gasteiger partial charge on any atom is -0.507 e. The van der Waals surface area contributed by atoms with Gasteiger partial charge in [0.1, 0.15) is 11.4 Å². The highest BCUT2D eigenvalue weighted by atomic mass is 35.5. The molecule has 4 aromatic rings. The molecule has 0 aliphatic carbocycles. The maximum Gasteiger partial charge on any atom is 0.270 e. The van der Waals surface area contributed by atoms with Crippen LogP contribution in [0.5, 0.6) is 5.75 Å². The topological polar surface area (TPSA) is 118 Å². The fraction of sp³-hybridized carbons (Fsp3) is 0.154. The molecule has 178 valence electrons. The van der Waals surface area contributed by atoms with Crippen LogP contribution in [0.1, 0.15) is 26.2 Å². The van der Waals surface area contributed by atoms with Crippen LogP contribution in [0.15, 0.2) is 71.1 Å². The van der Waals surface area contributed by atoms with Crippen molar-refractivity contribution in [1.82, 2.24) is 4.98 Å². The zero-order valence-corrected chi connectivity index (χ0v) is 19.6. The van der Waals surface area contributed by atoms with Gasteiger partial charge in [-0.1, -0.05) is 55.3 Å². The van der Waals surface area contributed by atoms with Crippen LogP contribution in [0.25, 0.3) is 33.8 Å². The molecule has 0 unspecified atom stereocenters. The smallest absolute Gasteiger partial charge is 0.270 e. The molecule has 0 saturated carbocycles. The number of oxazole rings is 1. The Labute approximate surface area is 206 Å². The van der Waals surface area contributed by atoms with Gasteiger partial charge in [-0.3, -0.25) is 20.2 Å². The van der Waals surface area contributed by atoms with E-state index in [1.54, 1.807) is 48.5 Å². The number of nitrogens with one attached hydrogen (secondary N) is 1. The molecule has 0 spiro atoms. The van der Waals surface area contributed by atoms with Crippen molar-refractivity contribution in [1.29, 1.82) is 0 Å². The Morgan fingerprint density at radius 2 is 1.83 bits per heavy atom. The van der Waals surface area contributed by atoms with E-state index in [0.29, 0.717) is 39.4 Å². The average molecular weight is 492 g/mol. The van der Waals surface area contributed by atoms with Crippen LogP contribution in [0.3, 0.4) is 0 Å². The van der Waals surface area contributed by atoms with Crippen LogP contribution in [-0.4, -0.2) is 20.9 Å². The van der Waals surface area contributed by atoms with E-state index in [-0.39, 0.29) is 29.1 Å². The second-order valence-corrected chi connectivity index (χ2v) is 8.33. The molecule has 9 heteroatoms. The van der Waals surface area contributed by atoms with Crippen LogP contribution < -0.4 is 5.32 Å². The quantitative estimate of drug-likeness (QED) is 0.201. The molecule has 0 bridgehead atoms. The first-order valence-corrected chi connectivity index (χ1v) is 11.4. The monoisotopic (exact) mass is 491 g/mol. The Morgan fingerprint density at radius 1 is 1.09 bits per heavy atom. The standard InChI is InChI=1S/C26H22ClN3O5/c1-2-3-10-23(32)28-26-24(18-7-4-8-19(27)13-18)29-25(35-26)21-12-11-17(15-22(21)31)16-6-5-9-20(14-16)30(33)34/h4-9,11-15,31H,2-3,10H2,1H3,(H,28,32). The summed E-state index contributed by atoms with van der Waals surface area (Å²) in [5.74, 6) is -0.0702. The number of nitro benzene ring substituents is 1. The number of halogens is 1. The van der Waals surface area contributed by atoms with Crippen molar-refractivity contribution >= 4 is 29.1 Å². The minimum absolute atomic E-state index is 0.0478. The van der Waals surface area contributed by atoms with Gasteiger partial charge in [0.15, 0.2) is 0 Å². The molecule has 4 rings (SSSR count). The Bertz CT molecular complexity index is 1400. The lowest BCUT2D eigenvalue weighted by Gasteiger charge is -2.06. The van der Waals surface area contributed by atoms with Crippen molar-refractivity contribution in [2.24, 2.45) is 0 Å². The molecule has 0 atom stereocenters. The number of benzene rings is 3. The fourth-order valence-corrected chi connectivity index (χ4v) is 3.76. The molecule has 1 amide bonds. The van der Waals surface area contributed by atoms with Crippen LogP contribution >= 0.6 is 11.6 Å². The summed E-state index contributed by atoms with van der Waals surface area (Å²) in [4.78, 5) is 27.5. The molecule has 3 aromatic carbocycles. The highest BCUT2D eigenvalue weighted by Crippen LogP contribution is 2.38. The van der Waals surface area contributed by atoms with Gasteiger partial charge >= 0.3 is 0 Å². The third kappa shape index (κ3) is 5.50. The van der Waals surface area contributed by atoms with Gasteiger partial charge in [0.2, 0.25) is 17.7 Å².